The fourth-order valence-electron chi connectivity index (χ4n) is 1.03. The number of aldehydes is 2. The van der Waals surface area contributed by atoms with Gasteiger partial charge in [0.15, 0.2) is 18.7 Å². The molecule has 0 radical (unpaired) electrons. The van der Waals surface area contributed by atoms with Crippen LogP contribution in [0.1, 0.15) is 0 Å². The summed E-state index contributed by atoms with van der Waals surface area (Å²) < 4.78 is 0. The van der Waals surface area contributed by atoms with E-state index in [2.05, 4.69) is 0 Å². The van der Waals surface area contributed by atoms with E-state index < -0.39 is 55.3 Å². The van der Waals surface area contributed by atoms with Crippen LogP contribution in [0.3, 0.4) is 0 Å². The van der Waals surface area contributed by atoms with Crippen LogP contribution in [0.2, 0.25) is 0 Å². The molecular formula is C11H20O12. The molecule has 0 aromatic rings. The Hall–Kier alpha value is -1.51. The number of aliphatic hydroxyl groups excluding tert-OH is 8. The van der Waals surface area contributed by atoms with Crippen molar-refractivity contribution in [3.63, 3.8) is 0 Å². The average molecular weight is 344 g/mol. The third-order valence-corrected chi connectivity index (χ3v) is 2.49. The lowest BCUT2D eigenvalue weighted by molar-refractivity contribution is -0.163. The predicted molar refractivity (Wildman–Crippen MR) is 68.9 cm³/mol. The van der Waals surface area contributed by atoms with Crippen molar-refractivity contribution < 1.29 is 60.3 Å². The maximum absolute atomic E-state index is 10.1. The molecule has 7 atom stereocenters. The Morgan fingerprint density at radius 3 is 1.48 bits per heavy atom. The number of carbonyl (C=O) groups excluding carboxylic acids is 2. The first-order valence-corrected chi connectivity index (χ1v) is 6.05. The van der Waals surface area contributed by atoms with Gasteiger partial charge < -0.3 is 55.5 Å². The number of rotatable bonds is 9. The molecule has 0 unspecified atom stereocenters. The molecule has 0 heterocycles. The normalized spacial score (nSPS) is 19.8. The predicted octanol–water partition coefficient (Wildman–Crippen LogP) is -6.03. The Kier molecular flexibility index (Phi) is 12.4. The van der Waals surface area contributed by atoms with Crippen molar-refractivity contribution in [2.24, 2.45) is 0 Å². The Bertz CT molecular complexity index is 361. The van der Waals surface area contributed by atoms with E-state index in [1.54, 1.807) is 0 Å². The molecular weight excluding hydrogens is 324 g/mol. The van der Waals surface area contributed by atoms with E-state index in [-0.39, 0.29) is 12.6 Å². The number of hydrogen-bond acceptors (Lipinski definition) is 11. The molecule has 12 nitrogen and oxygen atoms in total. The molecule has 0 saturated carbocycles. The molecule has 0 aliphatic rings. The van der Waals surface area contributed by atoms with Crippen molar-refractivity contribution in [2.45, 2.75) is 42.7 Å². The second kappa shape index (κ2) is 12.0. The summed E-state index contributed by atoms with van der Waals surface area (Å²) in [6, 6.07) is 0. The summed E-state index contributed by atoms with van der Waals surface area (Å²) in [5.41, 5.74) is 0. The highest BCUT2D eigenvalue weighted by atomic mass is 16.4. The SMILES string of the molecule is O=C[C@H](O)[C@@H](O)[C@H](O)CO.O=C[C@H](O)[C@@H](O)[C@H](O)[C@H](O)C(=O)O. The monoisotopic (exact) mass is 344 g/mol. The summed E-state index contributed by atoms with van der Waals surface area (Å²) in [6.07, 6.45) is -13.0. The summed E-state index contributed by atoms with van der Waals surface area (Å²) in [4.78, 5) is 29.7. The van der Waals surface area contributed by atoms with Crippen LogP contribution in [0.25, 0.3) is 0 Å². The molecule has 0 spiro atoms. The quantitative estimate of drug-likeness (QED) is 0.178. The van der Waals surface area contributed by atoms with E-state index in [4.69, 9.17) is 46.0 Å². The summed E-state index contributed by atoms with van der Waals surface area (Å²) in [6.45, 7) is -0.688. The van der Waals surface area contributed by atoms with Crippen LogP contribution in [0.5, 0.6) is 0 Å². The highest BCUT2D eigenvalue weighted by Gasteiger charge is 2.34. The molecule has 0 aliphatic heterocycles. The standard InChI is InChI=1S/C6H10O7.C5H10O5/c7-1-2(8)3(9)4(10)5(11)6(12)13;6-1-3(8)5(10)4(9)2-7/h1-5,8-11H,(H,12,13);1,3-5,7-10H,2H2/t2-,3+,4-,5-;3-,4+,5+/m00/s1. The van der Waals surface area contributed by atoms with E-state index in [1.807, 2.05) is 0 Å². The average Bonchev–Trinajstić information content (AvgIpc) is 2.56. The van der Waals surface area contributed by atoms with Crippen molar-refractivity contribution in [3.8, 4) is 0 Å². The van der Waals surface area contributed by atoms with E-state index >= 15 is 0 Å². The molecule has 0 aromatic carbocycles. The number of carbonyl (C=O) groups is 3. The number of carboxylic acids is 1. The van der Waals surface area contributed by atoms with Gasteiger partial charge in [0.1, 0.15) is 36.6 Å². The van der Waals surface area contributed by atoms with Gasteiger partial charge in [-0.15, -0.1) is 0 Å². The minimum atomic E-state index is -2.25. The first kappa shape index (κ1) is 23.8. The van der Waals surface area contributed by atoms with Crippen LogP contribution in [-0.2, 0) is 14.4 Å². The molecule has 0 saturated heterocycles. The van der Waals surface area contributed by atoms with Crippen LogP contribution in [0, 0.1) is 0 Å². The van der Waals surface area contributed by atoms with Crippen molar-refractivity contribution in [1.82, 2.24) is 0 Å². The zero-order valence-electron chi connectivity index (χ0n) is 11.7. The van der Waals surface area contributed by atoms with E-state index in [0.29, 0.717) is 0 Å². The summed E-state index contributed by atoms with van der Waals surface area (Å²) in [7, 11) is 0. The summed E-state index contributed by atoms with van der Waals surface area (Å²) in [5, 5.41) is 77.2. The largest absolute Gasteiger partial charge is 0.479 e. The maximum atomic E-state index is 10.1. The molecule has 0 bridgehead atoms. The van der Waals surface area contributed by atoms with Crippen LogP contribution in [0.4, 0.5) is 0 Å². The van der Waals surface area contributed by atoms with Crippen LogP contribution < -0.4 is 0 Å². The molecule has 0 fully saturated rings. The second-order valence-corrected chi connectivity index (χ2v) is 4.26. The maximum Gasteiger partial charge on any atom is 0.335 e. The third-order valence-electron chi connectivity index (χ3n) is 2.49. The highest BCUT2D eigenvalue weighted by Crippen LogP contribution is 2.03. The van der Waals surface area contributed by atoms with Gasteiger partial charge in [0.2, 0.25) is 0 Å². The smallest absolute Gasteiger partial charge is 0.335 e. The summed E-state index contributed by atoms with van der Waals surface area (Å²) >= 11 is 0. The number of aliphatic carboxylic acids is 1. The van der Waals surface area contributed by atoms with Gasteiger partial charge in [0, 0.05) is 0 Å². The molecule has 0 amide bonds. The fourth-order valence-corrected chi connectivity index (χ4v) is 1.03. The van der Waals surface area contributed by atoms with Gasteiger partial charge in [0.05, 0.1) is 6.61 Å². The first-order chi connectivity index (χ1) is 10.5. The van der Waals surface area contributed by atoms with E-state index in [9.17, 15) is 14.4 Å². The lowest BCUT2D eigenvalue weighted by Gasteiger charge is -2.21. The van der Waals surface area contributed by atoms with E-state index in [0.717, 1.165) is 0 Å². The van der Waals surface area contributed by atoms with Crippen LogP contribution in [0.15, 0.2) is 0 Å². The Balaban J connectivity index is 0. The molecule has 0 aromatic heterocycles. The molecule has 9 N–H and O–H groups in total. The zero-order chi connectivity index (χ0) is 18.7. The molecule has 12 heteroatoms. The zero-order valence-corrected chi connectivity index (χ0v) is 11.7. The lowest BCUT2D eigenvalue weighted by Crippen LogP contribution is -2.48. The number of carboxylic acid groups (broad SMARTS) is 1. The van der Waals surface area contributed by atoms with Crippen LogP contribution in [-0.4, -0.2) is 114 Å². The molecule has 0 rings (SSSR count). The van der Waals surface area contributed by atoms with Gasteiger partial charge in [-0.25, -0.2) is 4.79 Å². The number of hydrogen-bond donors (Lipinski definition) is 9. The van der Waals surface area contributed by atoms with Gasteiger partial charge in [-0.1, -0.05) is 0 Å². The Labute approximate surface area is 129 Å². The Morgan fingerprint density at radius 2 is 1.17 bits per heavy atom. The number of aliphatic hydroxyl groups is 8. The first-order valence-electron chi connectivity index (χ1n) is 6.05. The van der Waals surface area contributed by atoms with E-state index in [1.165, 1.54) is 0 Å². The fraction of sp³-hybridized carbons (Fsp3) is 0.727. The minimum Gasteiger partial charge on any atom is -0.479 e. The van der Waals surface area contributed by atoms with Gasteiger partial charge in [0.25, 0.3) is 0 Å². The summed E-state index contributed by atoms with van der Waals surface area (Å²) in [5.74, 6) is -1.76. The van der Waals surface area contributed by atoms with Gasteiger partial charge in [-0.05, 0) is 0 Å². The molecule has 0 aliphatic carbocycles. The highest BCUT2D eigenvalue weighted by molar-refractivity contribution is 5.73. The van der Waals surface area contributed by atoms with Gasteiger partial charge >= 0.3 is 5.97 Å². The van der Waals surface area contributed by atoms with Crippen molar-refractivity contribution >= 4 is 18.5 Å². The Morgan fingerprint density at radius 1 is 0.783 bits per heavy atom. The van der Waals surface area contributed by atoms with Crippen molar-refractivity contribution in [2.75, 3.05) is 6.61 Å². The topological polar surface area (TPSA) is 233 Å². The van der Waals surface area contributed by atoms with Crippen molar-refractivity contribution in [3.05, 3.63) is 0 Å². The van der Waals surface area contributed by atoms with Gasteiger partial charge in [-0.2, -0.15) is 0 Å². The minimum absolute atomic E-state index is 0.0809. The van der Waals surface area contributed by atoms with Crippen LogP contribution >= 0.6 is 0 Å². The second-order valence-electron chi connectivity index (χ2n) is 4.26. The molecule has 23 heavy (non-hydrogen) atoms. The molecule has 136 valence electrons. The lowest BCUT2D eigenvalue weighted by atomic mass is 10.0. The van der Waals surface area contributed by atoms with Gasteiger partial charge in [-0.3, -0.25) is 0 Å². The van der Waals surface area contributed by atoms with Crippen molar-refractivity contribution in [1.29, 1.82) is 0 Å². The third kappa shape index (κ3) is 8.63.